The van der Waals surface area contributed by atoms with Crippen LogP contribution in [0.5, 0.6) is 0 Å². The van der Waals surface area contributed by atoms with Gasteiger partial charge in [0.1, 0.15) is 0 Å². The van der Waals surface area contributed by atoms with E-state index in [0.29, 0.717) is 6.42 Å². The van der Waals surface area contributed by atoms with Crippen molar-refractivity contribution >= 4 is 28.2 Å². The molecule has 1 saturated heterocycles. The predicted molar refractivity (Wildman–Crippen MR) is 74.6 cm³/mol. The highest BCUT2D eigenvalue weighted by Gasteiger charge is 2.38. The second-order valence-electron chi connectivity index (χ2n) is 4.74. The van der Waals surface area contributed by atoms with Crippen LogP contribution in [0.1, 0.15) is 33.6 Å². The highest BCUT2D eigenvalue weighted by atomic mass is 35.5. The molecule has 1 aliphatic heterocycles. The third kappa shape index (κ3) is 3.59. The lowest BCUT2D eigenvalue weighted by Crippen LogP contribution is -2.57. The molecule has 3 atom stereocenters. The molecule has 0 radical (unpaired) electrons. The number of carbonyl (C=O) groups excluding carboxylic acids is 1. The largest absolute Gasteiger partial charge is 0.336 e. The molecular formula is C11H23ClN2O3S. The van der Waals surface area contributed by atoms with Crippen LogP contribution in [-0.2, 0) is 14.6 Å². The Morgan fingerprint density at radius 3 is 2.50 bits per heavy atom. The van der Waals surface area contributed by atoms with Crippen LogP contribution in [0.2, 0.25) is 0 Å². The maximum Gasteiger partial charge on any atom is 0.239 e. The Morgan fingerprint density at radius 2 is 2.00 bits per heavy atom. The van der Waals surface area contributed by atoms with Crippen molar-refractivity contribution in [3.05, 3.63) is 0 Å². The molecule has 0 aliphatic carbocycles. The number of hydrogen-bond acceptors (Lipinski definition) is 4. The minimum absolute atomic E-state index is 0. The van der Waals surface area contributed by atoms with Gasteiger partial charge >= 0.3 is 0 Å². The number of amides is 1. The minimum Gasteiger partial charge on any atom is -0.336 e. The number of halogens is 1. The number of rotatable bonds is 3. The van der Waals surface area contributed by atoms with Gasteiger partial charge in [0, 0.05) is 12.6 Å². The molecule has 1 fully saturated rings. The van der Waals surface area contributed by atoms with Crippen molar-refractivity contribution < 1.29 is 13.2 Å². The summed E-state index contributed by atoms with van der Waals surface area (Å²) in [6.07, 6.45) is 1.49. The van der Waals surface area contributed by atoms with Crippen LogP contribution in [0.4, 0.5) is 0 Å². The Morgan fingerprint density at radius 1 is 1.44 bits per heavy atom. The summed E-state index contributed by atoms with van der Waals surface area (Å²) in [5.74, 6) is -0.0792. The van der Waals surface area contributed by atoms with Gasteiger partial charge in [-0.3, -0.25) is 4.79 Å². The molecule has 3 unspecified atom stereocenters. The first kappa shape index (κ1) is 17.7. The van der Waals surface area contributed by atoms with E-state index in [-0.39, 0.29) is 36.7 Å². The van der Waals surface area contributed by atoms with Gasteiger partial charge in [-0.25, -0.2) is 8.42 Å². The Kier molecular flexibility index (Phi) is 6.60. The highest BCUT2D eigenvalue weighted by Crippen LogP contribution is 2.20. The van der Waals surface area contributed by atoms with Gasteiger partial charge in [0.05, 0.1) is 17.0 Å². The van der Waals surface area contributed by atoms with E-state index < -0.39 is 21.1 Å². The van der Waals surface area contributed by atoms with Crippen LogP contribution < -0.4 is 5.73 Å². The molecule has 108 valence electrons. The number of hydrogen-bond donors (Lipinski definition) is 1. The molecule has 7 heteroatoms. The lowest BCUT2D eigenvalue weighted by molar-refractivity contribution is -0.134. The van der Waals surface area contributed by atoms with Crippen molar-refractivity contribution in [1.29, 1.82) is 0 Å². The van der Waals surface area contributed by atoms with Crippen molar-refractivity contribution in [1.82, 2.24) is 4.90 Å². The predicted octanol–water partition coefficient (Wildman–Crippen LogP) is 0.570. The highest BCUT2D eigenvalue weighted by molar-refractivity contribution is 7.92. The molecule has 5 nitrogen and oxygen atoms in total. The van der Waals surface area contributed by atoms with Gasteiger partial charge in [-0.2, -0.15) is 0 Å². The summed E-state index contributed by atoms with van der Waals surface area (Å²) in [6, 6.07) is -0.792. The third-order valence-corrected chi connectivity index (χ3v) is 5.83. The summed E-state index contributed by atoms with van der Waals surface area (Å²) in [4.78, 5) is 13.7. The smallest absolute Gasteiger partial charge is 0.239 e. The summed E-state index contributed by atoms with van der Waals surface area (Å²) >= 11 is 0. The molecule has 1 amide bonds. The van der Waals surface area contributed by atoms with E-state index in [1.165, 1.54) is 0 Å². The van der Waals surface area contributed by atoms with Crippen molar-refractivity contribution in [2.24, 2.45) is 5.73 Å². The van der Waals surface area contributed by atoms with Crippen molar-refractivity contribution in [3.63, 3.8) is 0 Å². The second-order valence-corrected chi connectivity index (χ2v) is 7.22. The zero-order valence-electron chi connectivity index (χ0n) is 11.1. The summed E-state index contributed by atoms with van der Waals surface area (Å²) in [7, 11) is -3.05. The van der Waals surface area contributed by atoms with Gasteiger partial charge in [-0.05, 0) is 20.3 Å². The fourth-order valence-corrected chi connectivity index (χ4v) is 3.70. The van der Waals surface area contributed by atoms with Crippen LogP contribution >= 0.6 is 12.4 Å². The summed E-state index contributed by atoms with van der Waals surface area (Å²) < 4.78 is 23.4. The molecular weight excluding hydrogens is 276 g/mol. The van der Waals surface area contributed by atoms with Gasteiger partial charge in [0.2, 0.25) is 5.91 Å². The third-order valence-electron chi connectivity index (χ3n) is 3.55. The maximum atomic E-state index is 12.1. The van der Waals surface area contributed by atoms with Gasteiger partial charge in [-0.15, -0.1) is 12.4 Å². The Balaban J connectivity index is 0.00000289. The van der Waals surface area contributed by atoms with Crippen molar-refractivity contribution in [2.45, 2.75) is 50.9 Å². The van der Waals surface area contributed by atoms with Gasteiger partial charge in [0.15, 0.2) is 9.84 Å². The van der Waals surface area contributed by atoms with E-state index in [4.69, 9.17) is 5.73 Å². The summed E-state index contributed by atoms with van der Waals surface area (Å²) in [5, 5.41) is -0.506. The van der Waals surface area contributed by atoms with Gasteiger partial charge < -0.3 is 10.6 Å². The molecule has 0 saturated carbocycles. The number of sulfone groups is 1. The van der Waals surface area contributed by atoms with E-state index >= 15 is 0 Å². The Bertz CT molecular complexity index is 386. The monoisotopic (exact) mass is 298 g/mol. The Hall–Kier alpha value is -0.330. The summed E-state index contributed by atoms with van der Waals surface area (Å²) in [5.41, 5.74) is 5.79. The molecule has 18 heavy (non-hydrogen) atoms. The number of nitrogens with two attached hydrogens (primary N) is 1. The molecule has 0 aromatic carbocycles. The molecule has 0 spiro atoms. The minimum atomic E-state index is -3.05. The van der Waals surface area contributed by atoms with Crippen LogP contribution in [-0.4, -0.2) is 48.9 Å². The molecule has 2 N–H and O–H groups in total. The first-order chi connectivity index (χ1) is 7.81. The standard InChI is InChI=1S/C11H22N2O3S.ClH/c1-4-5-10(12)11(14)13-6-7-17(15,16)9(3)8(13)2;/h8-10H,4-7,12H2,1-3H3;1H. The SMILES string of the molecule is CCCC(N)C(=O)N1CCS(=O)(=O)C(C)C1C.Cl. The quantitative estimate of drug-likeness (QED) is 0.826. The van der Waals surface area contributed by atoms with E-state index in [2.05, 4.69) is 0 Å². The fraction of sp³-hybridized carbons (Fsp3) is 0.909. The average molecular weight is 299 g/mol. The van der Waals surface area contributed by atoms with Crippen molar-refractivity contribution in [3.8, 4) is 0 Å². The Labute approximate surface area is 115 Å². The molecule has 1 aliphatic rings. The zero-order valence-corrected chi connectivity index (χ0v) is 12.8. The van der Waals surface area contributed by atoms with E-state index in [9.17, 15) is 13.2 Å². The lowest BCUT2D eigenvalue weighted by Gasteiger charge is -2.38. The number of carbonyl (C=O) groups is 1. The molecule has 0 bridgehead atoms. The lowest BCUT2D eigenvalue weighted by atomic mass is 10.1. The van der Waals surface area contributed by atoms with Crippen LogP contribution in [0, 0.1) is 0 Å². The maximum absolute atomic E-state index is 12.1. The van der Waals surface area contributed by atoms with Gasteiger partial charge in [0.25, 0.3) is 0 Å². The normalized spacial score (nSPS) is 28.3. The van der Waals surface area contributed by atoms with E-state index in [1.54, 1.807) is 18.7 Å². The first-order valence-electron chi connectivity index (χ1n) is 6.09. The van der Waals surface area contributed by atoms with Gasteiger partial charge in [-0.1, -0.05) is 13.3 Å². The molecule has 1 rings (SSSR count). The molecule has 0 aromatic heterocycles. The topological polar surface area (TPSA) is 80.5 Å². The fourth-order valence-electron chi connectivity index (χ4n) is 2.13. The van der Waals surface area contributed by atoms with Crippen LogP contribution in [0.15, 0.2) is 0 Å². The first-order valence-corrected chi connectivity index (χ1v) is 7.80. The van der Waals surface area contributed by atoms with Crippen molar-refractivity contribution in [2.75, 3.05) is 12.3 Å². The van der Waals surface area contributed by atoms with E-state index in [1.807, 2.05) is 6.92 Å². The average Bonchev–Trinajstić information content (AvgIpc) is 2.26. The summed E-state index contributed by atoms with van der Waals surface area (Å²) in [6.45, 7) is 5.67. The van der Waals surface area contributed by atoms with E-state index in [0.717, 1.165) is 6.42 Å². The van der Waals surface area contributed by atoms with Crippen LogP contribution in [0.25, 0.3) is 0 Å². The molecule has 0 aromatic rings. The second kappa shape index (κ2) is 6.73. The molecule has 1 heterocycles. The number of nitrogens with zero attached hydrogens (tertiary/aromatic N) is 1. The zero-order chi connectivity index (χ0) is 13.2. The van der Waals surface area contributed by atoms with Crippen LogP contribution in [0.3, 0.4) is 0 Å².